The van der Waals surface area contributed by atoms with E-state index in [0.29, 0.717) is 19.5 Å². The van der Waals surface area contributed by atoms with Crippen molar-refractivity contribution in [3.63, 3.8) is 0 Å². The van der Waals surface area contributed by atoms with E-state index in [-0.39, 0.29) is 6.54 Å². The van der Waals surface area contributed by atoms with Gasteiger partial charge < -0.3 is 19.7 Å². The highest BCUT2D eigenvalue weighted by Crippen LogP contribution is 2.31. The van der Waals surface area contributed by atoms with E-state index in [9.17, 15) is 9.59 Å². The number of hydrogen-bond donors (Lipinski definition) is 2. The van der Waals surface area contributed by atoms with Gasteiger partial charge in [0.25, 0.3) is 0 Å². The van der Waals surface area contributed by atoms with Crippen LogP contribution in [0.15, 0.2) is 18.2 Å². The van der Waals surface area contributed by atoms with E-state index in [0.717, 1.165) is 27.7 Å². The highest BCUT2D eigenvalue weighted by Gasteiger charge is 2.26. The molecule has 2 aromatic rings. The minimum absolute atomic E-state index is 0.0953. The number of carboxylic acid groups (broad SMARTS) is 2. The number of aromatic nitrogens is 1. The van der Waals surface area contributed by atoms with Crippen molar-refractivity contribution in [3.8, 4) is 0 Å². The lowest BCUT2D eigenvalue weighted by molar-refractivity contribution is -0.137. The molecular weight excluding hydrogens is 272 g/mol. The van der Waals surface area contributed by atoms with Crippen LogP contribution in [0.2, 0.25) is 0 Å². The number of nitrogens with zero attached hydrogens (tertiary/aromatic N) is 2. The molecule has 0 saturated heterocycles. The summed E-state index contributed by atoms with van der Waals surface area (Å²) >= 11 is 0. The molecule has 2 N–H and O–H groups in total. The third-order valence-electron chi connectivity index (χ3n) is 3.97. The number of aliphatic carboxylic acids is 1. The minimum atomic E-state index is -0.938. The van der Waals surface area contributed by atoms with Gasteiger partial charge in [0.1, 0.15) is 6.54 Å². The quantitative estimate of drug-likeness (QED) is 0.886. The van der Waals surface area contributed by atoms with Crippen LogP contribution in [0.5, 0.6) is 0 Å². The standard InChI is InChI=1S/C15H16N2O4/c1-9-2-3-12-10(6-9)11-7-16(15(20)21)5-4-13(11)17(12)8-14(18)19/h2-3,6H,4-5,7-8H2,1H3,(H,18,19)(H,20,21). The molecule has 0 fully saturated rings. The molecule has 2 heterocycles. The van der Waals surface area contributed by atoms with Crippen LogP contribution < -0.4 is 0 Å². The zero-order chi connectivity index (χ0) is 15.1. The fraction of sp³-hybridized carbons (Fsp3) is 0.333. The van der Waals surface area contributed by atoms with Crippen molar-refractivity contribution < 1.29 is 19.8 Å². The smallest absolute Gasteiger partial charge is 0.407 e. The van der Waals surface area contributed by atoms with Crippen molar-refractivity contribution >= 4 is 23.0 Å². The van der Waals surface area contributed by atoms with Gasteiger partial charge in [-0.3, -0.25) is 4.79 Å². The van der Waals surface area contributed by atoms with Gasteiger partial charge in [0.05, 0.1) is 6.54 Å². The van der Waals surface area contributed by atoms with Crippen molar-refractivity contribution in [2.75, 3.05) is 6.54 Å². The van der Waals surface area contributed by atoms with Gasteiger partial charge in [-0.15, -0.1) is 0 Å². The number of carbonyl (C=O) groups is 2. The molecule has 1 aliphatic rings. The largest absolute Gasteiger partial charge is 0.480 e. The van der Waals surface area contributed by atoms with E-state index < -0.39 is 12.1 Å². The normalized spacial score (nSPS) is 14.2. The highest BCUT2D eigenvalue weighted by atomic mass is 16.4. The van der Waals surface area contributed by atoms with Gasteiger partial charge in [-0.2, -0.15) is 0 Å². The number of amides is 1. The molecule has 0 atom stereocenters. The molecule has 6 nitrogen and oxygen atoms in total. The number of fused-ring (bicyclic) bond motifs is 3. The van der Waals surface area contributed by atoms with Crippen molar-refractivity contribution in [2.45, 2.75) is 26.4 Å². The highest BCUT2D eigenvalue weighted by molar-refractivity contribution is 5.88. The van der Waals surface area contributed by atoms with Crippen LogP contribution >= 0.6 is 0 Å². The van der Waals surface area contributed by atoms with Crippen LogP contribution in [0, 0.1) is 6.92 Å². The first-order chi connectivity index (χ1) is 9.97. The predicted molar refractivity (Wildman–Crippen MR) is 76.4 cm³/mol. The lowest BCUT2D eigenvalue weighted by Gasteiger charge is -2.25. The summed E-state index contributed by atoms with van der Waals surface area (Å²) in [5.74, 6) is -0.893. The molecule has 0 saturated carbocycles. The monoisotopic (exact) mass is 288 g/mol. The van der Waals surface area contributed by atoms with E-state index >= 15 is 0 Å². The Kier molecular flexibility index (Phi) is 3.08. The molecule has 0 spiro atoms. The van der Waals surface area contributed by atoms with Crippen LogP contribution in [-0.4, -0.2) is 38.3 Å². The Morgan fingerprint density at radius 2 is 2.05 bits per heavy atom. The van der Waals surface area contributed by atoms with Gasteiger partial charge in [0.15, 0.2) is 0 Å². The van der Waals surface area contributed by atoms with Crippen molar-refractivity contribution in [1.29, 1.82) is 0 Å². The zero-order valence-corrected chi connectivity index (χ0v) is 11.7. The van der Waals surface area contributed by atoms with Crippen LogP contribution in [0.25, 0.3) is 10.9 Å². The second-order valence-electron chi connectivity index (χ2n) is 5.38. The zero-order valence-electron chi connectivity index (χ0n) is 11.7. The Bertz CT molecular complexity index is 748. The maximum atomic E-state index is 11.2. The second kappa shape index (κ2) is 4.80. The van der Waals surface area contributed by atoms with E-state index in [2.05, 4.69) is 0 Å². The van der Waals surface area contributed by atoms with Gasteiger partial charge in [0, 0.05) is 35.1 Å². The Morgan fingerprint density at radius 3 is 2.71 bits per heavy atom. The van der Waals surface area contributed by atoms with Crippen molar-refractivity contribution in [1.82, 2.24) is 9.47 Å². The third kappa shape index (κ3) is 2.22. The molecule has 1 aliphatic heterocycles. The molecule has 0 radical (unpaired) electrons. The summed E-state index contributed by atoms with van der Waals surface area (Å²) in [6, 6.07) is 5.86. The molecule has 21 heavy (non-hydrogen) atoms. The van der Waals surface area contributed by atoms with Gasteiger partial charge in [-0.25, -0.2) is 4.79 Å². The fourth-order valence-electron chi connectivity index (χ4n) is 3.04. The number of benzene rings is 1. The van der Waals surface area contributed by atoms with Crippen LogP contribution in [0.3, 0.4) is 0 Å². The molecule has 3 rings (SSSR count). The van der Waals surface area contributed by atoms with Crippen molar-refractivity contribution in [2.24, 2.45) is 0 Å². The van der Waals surface area contributed by atoms with Gasteiger partial charge in [-0.1, -0.05) is 11.6 Å². The lowest BCUT2D eigenvalue weighted by atomic mass is 10.0. The maximum absolute atomic E-state index is 11.2. The van der Waals surface area contributed by atoms with Crippen molar-refractivity contribution in [3.05, 3.63) is 35.0 Å². The van der Waals surface area contributed by atoms with Crippen LogP contribution in [0.1, 0.15) is 16.8 Å². The lowest BCUT2D eigenvalue weighted by Crippen LogP contribution is -2.35. The number of carboxylic acids is 1. The Balaban J connectivity index is 2.20. The first-order valence-corrected chi connectivity index (χ1v) is 6.77. The molecule has 1 amide bonds. The Hall–Kier alpha value is -2.50. The Labute approximate surface area is 121 Å². The summed E-state index contributed by atoms with van der Waals surface area (Å²) in [7, 11) is 0. The first kappa shape index (κ1) is 13.5. The van der Waals surface area contributed by atoms with E-state index in [1.807, 2.05) is 25.1 Å². The van der Waals surface area contributed by atoms with E-state index in [4.69, 9.17) is 10.2 Å². The number of hydrogen-bond acceptors (Lipinski definition) is 2. The summed E-state index contributed by atoms with van der Waals surface area (Å²) in [6.45, 7) is 2.59. The summed E-state index contributed by atoms with van der Waals surface area (Å²) in [4.78, 5) is 23.7. The minimum Gasteiger partial charge on any atom is -0.480 e. The number of rotatable bonds is 2. The molecule has 1 aromatic carbocycles. The molecule has 1 aromatic heterocycles. The van der Waals surface area contributed by atoms with Crippen LogP contribution in [0.4, 0.5) is 4.79 Å². The molecule has 6 heteroatoms. The third-order valence-corrected chi connectivity index (χ3v) is 3.97. The fourth-order valence-corrected chi connectivity index (χ4v) is 3.04. The van der Waals surface area contributed by atoms with E-state index in [1.165, 1.54) is 4.90 Å². The molecular formula is C15H16N2O4. The average Bonchev–Trinajstić information content (AvgIpc) is 2.71. The van der Waals surface area contributed by atoms with E-state index in [1.54, 1.807) is 4.57 Å². The second-order valence-corrected chi connectivity index (χ2v) is 5.38. The molecule has 0 bridgehead atoms. The summed E-state index contributed by atoms with van der Waals surface area (Å²) in [6.07, 6.45) is -0.393. The first-order valence-electron chi connectivity index (χ1n) is 6.77. The Morgan fingerprint density at radius 1 is 1.29 bits per heavy atom. The van der Waals surface area contributed by atoms with Gasteiger partial charge in [-0.05, 0) is 19.1 Å². The predicted octanol–water partition coefficient (Wildman–Crippen LogP) is 2.07. The summed E-state index contributed by atoms with van der Waals surface area (Å²) in [5.41, 5.74) is 3.81. The summed E-state index contributed by atoms with van der Waals surface area (Å²) < 4.78 is 1.80. The molecule has 0 aliphatic carbocycles. The van der Waals surface area contributed by atoms with Crippen LogP contribution in [-0.2, 0) is 24.3 Å². The van der Waals surface area contributed by atoms with Gasteiger partial charge >= 0.3 is 12.1 Å². The average molecular weight is 288 g/mol. The SMILES string of the molecule is Cc1ccc2c(c1)c1c(n2CC(=O)O)CCN(C(=O)O)C1. The topological polar surface area (TPSA) is 82.8 Å². The maximum Gasteiger partial charge on any atom is 0.407 e. The van der Waals surface area contributed by atoms with Gasteiger partial charge in [0.2, 0.25) is 0 Å². The molecule has 0 unspecified atom stereocenters. The number of aryl methyl sites for hydroxylation is 1. The molecule has 110 valence electrons. The summed E-state index contributed by atoms with van der Waals surface area (Å²) in [5, 5.41) is 19.2.